The quantitative estimate of drug-likeness (QED) is 0.841. The maximum Gasteiger partial charge on any atom is 0.391 e. The predicted molar refractivity (Wildman–Crippen MR) is 68.0 cm³/mol. The number of halogens is 4. The number of piperidine rings is 1. The molecular weight excluding hydrogens is 274 g/mol. The molecule has 6 heteroatoms. The molecule has 1 fully saturated rings. The SMILES string of the molecule is C[C@@H](O)c1ccc(N2CCC(C(F)(F)F)CC2)c(F)c1. The van der Waals surface area contributed by atoms with Gasteiger partial charge in [-0.15, -0.1) is 0 Å². The summed E-state index contributed by atoms with van der Waals surface area (Å²) >= 11 is 0. The highest BCUT2D eigenvalue weighted by Gasteiger charge is 2.41. The number of benzene rings is 1. The van der Waals surface area contributed by atoms with Gasteiger partial charge in [0.25, 0.3) is 0 Å². The highest BCUT2D eigenvalue weighted by atomic mass is 19.4. The second-order valence-electron chi connectivity index (χ2n) is 5.19. The fraction of sp³-hybridized carbons (Fsp3) is 0.571. The van der Waals surface area contributed by atoms with Crippen molar-refractivity contribution in [3.63, 3.8) is 0 Å². The summed E-state index contributed by atoms with van der Waals surface area (Å²) in [5.74, 6) is -1.80. The molecule has 112 valence electrons. The fourth-order valence-electron chi connectivity index (χ4n) is 2.49. The van der Waals surface area contributed by atoms with E-state index in [1.54, 1.807) is 11.0 Å². The van der Waals surface area contributed by atoms with Crippen LogP contribution in [0.4, 0.5) is 23.2 Å². The maximum atomic E-state index is 14.0. The Morgan fingerprint density at radius 2 is 1.85 bits per heavy atom. The first kappa shape index (κ1) is 15.1. The third-order valence-electron chi connectivity index (χ3n) is 3.75. The lowest BCUT2D eigenvalue weighted by Crippen LogP contribution is -2.39. The molecule has 2 nitrogen and oxygen atoms in total. The zero-order chi connectivity index (χ0) is 14.9. The van der Waals surface area contributed by atoms with Crippen LogP contribution in [0.15, 0.2) is 18.2 Å². The third kappa shape index (κ3) is 3.23. The second kappa shape index (κ2) is 5.60. The lowest BCUT2D eigenvalue weighted by molar-refractivity contribution is -0.179. The Kier molecular flexibility index (Phi) is 4.22. The molecule has 20 heavy (non-hydrogen) atoms. The molecule has 0 bridgehead atoms. The van der Waals surface area contributed by atoms with Crippen LogP contribution < -0.4 is 4.90 Å². The van der Waals surface area contributed by atoms with Crippen molar-refractivity contribution in [3.8, 4) is 0 Å². The van der Waals surface area contributed by atoms with E-state index in [1.165, 1.54) is 19.1 Å². The van der Waals surface area contributed by atoms with Crippen LogP contribution in [0, 0.1) is 11.7 Å². The van der Waals surface area contributed by atoms with Crippen LogP contribution in [-0.2, 0) is 0 Å². The molecule has 1 aromatic carbocycles. The summed E-state index contributed by atoms with van der Waals surface area (Å²) in [7, 11) is 0. The molecule has 1 saturated heterocycles. The normalized spacial score (nSPS) is 19.2. The van der Waals surface area contributed by atoms with Gasteiger partial charge in [-0.05, 0) is 37.5 Å². The fourth-order valence-corrected chi connectivity index (χ4v) is 2.49. The van der Waals surface area contributed by atoms with E-state index in [0.29, 0.717) is 11.3 Å². The molecule has 0 radical (unpaired) electrons. The number of anilines is 1. The molecule has 1 aliphatic rings. The van der Waals surface area contributed by atoms with E-state index < -0.39 is 24.0 Å². The van der Waals surface area contributed by atoms with Gasteiger partial charge < -0.3 is 10.0 Å². The summed E-state index contributed by atoms with van der Waals surface area (Å²) in [4.78, 5) is 1.63. The van der Waals surface area contributed by atoms with Crippen molar-refractivity contribution in [1.29, 1.82) is 0 Å². The zero-order valence-corrected chi connectivity index (χ0v) is 11.1. The Morgan fingerprint density at radius 3 is 2.30 bits per heavy atom. The number of hydrogen-bond acceptors (Lipinski definition) is 2. The van der Waals surface area contributed by atoms with Gasteiger partial charge in [0, 0.05) is 13.1 Å². The van der Waals surface area contributed by atoms with Crippen molar-refractivity contribution in [2.75, 3.05) is 18.0 Å². The van der Waals surface area contributed by atoms with Crippen LogP contribution in [0.25, 0.3) is 0 Å². The number of rotatable bonds is 2. The van der Waals surface area contributed by atoms with E-state index in [9.17, 15) is 22.7 Å². The van der Waals surface area contributed by atoms with Gasteiger partial charge in [0.05, 0.1) is 17.7 Å². The molecule has 1 aromatic rings. The van der Waals surface area contributed by atoms with Crippen LogP contribution >= 0.6 is 0 Å². The average Bonchev–Trinajstić information content (AvgIpc) is 2.37. The Bertz CT molecular complexity index is 465. The van der Waals surface area contributed by atoms with Crippen LogP contribution in [0.1, 0.15) is 31.4 Å². The Hall–Kier alpha value is -1.30. The standard InChI is InChI=1S/C14H17F4NO/c1-9(20)10-2-3-13(12(15)8-10)19-6-4-11(5-7-19)14(16,17)18/h2-3,8-9,11,20H,4-7H2,1H3/t9-/m1/s1. The third-order valence-corrected chi connectivity index (χ3v) is 3.75. The molecule has 1 N–H and O–H groups in total. The summed E-state index contributed by atoms with van der Waals surface area (Å²) in [6.07, 6.45) is -4.96. The minimum Gasteiger partial charge on any atom is -0.389 e. The molecule has 1 heterocycles. The van der Waals surface area contributed by atoms with Gasteiger partial charge in [-0.2, -0.15) is 13.2 Å². The Balaban J connectivity index is 2.07. The first-order valence-electron chi connectivity index (χ1n) is 6.58. The summed E-state index contributed by atoms with van der Waals surface area (Å²) in [5, 5.41) is 9.37. The average molecular weight is 291 g/mol. The van der Waals surface area contributed by atoms with Crippen LogP contribution in [0.5, 0.6) is 0 Å². The number of alkyl halides is 3. The van der Waals surface area contributed by atoms with E-state index in [2.05, 4.69) is 0 Å². The van der Waals surface area contributed by atoms with Gasteiger partial charge in [-0.1, -0.05) is 6.07 Å². The van der Waals surface area contributed by atoms with Gasteiger partial charge in [0.15, 0.2) is 0 Å². The van der Waals surface area contributed by atoms with Crippen molar-refractivity contribution in [3.05, 3.63) is 29.6 Å². The molecule has 0 saturated carbocycles. The van der Waals surface area contributed by atoms with E-state index >= 15 is 0 Å². The Labute approximate surface area is 115 Å². The zero-order valence-electron chi connectivity index (χ0n) is 11.1. The van der Waals surface area contributed by atoms with Crippen LogP contribution in [0.2, 0.25) is 0 Å². The Morgan fingerprint density at radius 1 is 1.25 bits per heavy atom. The lowest BCUT2D eigenvalue weighted by atomic mass is 9.95. The molecular formula is C14H17F4NO. The molecule has 0 amide bonds. The summed E-state index contributed by atoms with van der Waals surface area (Å²) in [5.41, 5.74) is 0.756. The minimum absolute atomic E-state index is 0.0128. The van der Waals surface area contributed by atoms with E-state index in [-0.39, 0.29) is 25.9 Å². The molecule has 1 atom stereocenters. The second-order valence-corrected chi connectivity index (χ2v) is 5.19. The van der Waals surface area contributed by atoms with Gasteiger partial charge in [0.2, 0.25) is 0 Å². The lowest BCUT2D eigenvalue weighted by Gasteiger charge is -2.34. The summed E-state index contributed by atoms with van der Waals surface area (Å²) in [6, 6.07) is 4.35. The molecule has 0 aliphatic carbocycles. The molecule has 0 aromatic heterocycles. The smallest absolute Gasteiger partial charge is 0.389 e. The van der Waals surface area contributed by atoms with E-state index in [0.717, 1.165) is 0 Å². The van der Waals surface area contributed by atoms with Crippen molar-refractivity contribution in [1.82, 2.24) is 0 Å². The molecule has 0 unspecified atom stereocenters. The number of hydrogen-bond donors (Lipinski definition) is 1. The van der Waals surface area contributed by atoms with Gasteiger partial charge in [-0.25, -0.2) is 4.39 Å². The number of aliphatic hydroxyl groups is 1. The topological polar surface area (TPSA) is 23.5 Å². The summed E-state index contributed by atoms with van der Waals surface area (Å²) in [6.45, 7) is 1.91. The summed E-state index contributed by atoms with van der Waals surface area (Å²) < 4.78 is 51.7. The maximum absolute atomic E-state index is 14.0. The van der Waals surface area contributed by atoms with Crippen molar-refractivity contribution < 1.29 is 22.7 Å². The minimum atomic E-state index is -4.17. The van der Waals surface area contributed by atoms with Gasteiger partial charge in [-0.3, -0.25) is 0 Å². The highest BCUT2D eigenvalue weighted by Crippen LogP contribution is 2.36. The number of aliphatic hydroxyl groups excluding tert-OH is 1. The van der Waals surface area contributed by atoms with E-state index in [4.69, 9.17) is 0 Å². The first-order valence-corrected chi connectivity index (χ1v) is 6.58. The van der Waals surface area contributed by atoms with Crippen LogP contribution in [-0.4, -0.2) is 24.4 Å². The molecule has 1 aliphatic heterocycles. The number of nitrogens with zero attached hydrogens (tertiary/aromatic N) is 1. The largest absolute Gasteiger partial charge is 0.391 e. The first-order chi connectivity index (χ1) is 9.29. The highest BCUT2D eigenvalue weighted by molar-refractivity contribution is 5.49. The van der Waals surface area contributed by atoms with Gasteiger partial charge >= 0.3 is 6.18 Å². The van der Waals surface area contributed by atoms with Crippen LogP contribution in [0.3, 0.4) is 0 Å². The molecule has 2 rings (SSSR count). The van der Waals surface area contributed by atoms with Crippen molar-refractivity contribution >= 4 is 5.69 Å². The monoisotopic (exact) mass is 291 g/mol. The molecule has 0 spiro atoms. The van der Waals surface area contributed by atoms with Crippen molar-refractivity contribution in [2.45, 2.75) is 32.0 Å². The predicted octanol–water partition coefficient (Wildman–Crippen LogP) is 3.66. The van der Waals surface area contributed by atoms with E-state index in [1.807, 2.05) is 0 Å². The van der Waals surface area contributed by atoms with Crippen molar-refractivity contribution in [2.24, 2.45) is 5.92 Å². The van der Waals surface area contributed by atoms with Gasteiger partial charge in [0.1, 0.15) is 5.82 Å².